The fourth-order valence-corrected chi connectivity index (χ4v) is 2.06. The molecule has 0 bridgehead atoms. The Morgan fingerprint density at radius 1 is 1.16 bits per heavy atom. The maximum Gasteiger partial charge on any atom is 0.416 e. The van der Waals surface area contributed by atoms with Crippen LogP contribution in [-0.2, 0) is 17.4 Å². The van der Waals surface area contributed by atoms with Crippen molar-refractivity contribution in [2.45, 2.75) is 12.6 Å². The lowest BCUT2D eigenvalue weighted by molar-refractivity contribution is -0.384. The van der Waals surface area contributed by atoms with Crippen molar-refractivity contribution in [1.82, 2.24) is 5.43 Å². The van der Waals surface area contributed by atoms with Gasteiger partial charge in [0.25, 0.3) is 5.69 Å². The number of halogens is 4. The Kier molecular flexibility index (Phi) is 5.48. The molecule has 0 saturated heterocycles. The molecule has 2 rings (SSSR count). The van der Waals surface area contributed by atoms with E-state index in [4.69, 9.17) is 11.6 Å². The zero-order valence-electron chi connectivity index (χ0n) is 12.4. The second kappa shape index (κ2) is 7.39. The summed E-state index contributed by atoms with van der Waals surface area (Å²) in [6, 6.07) is 8.40. The molecule has 2 aromatic rings. The molecular formula is C15H11ClF3N3O3. The first-order valence-corrected chi connectivity index (χ1v) is 7.19. The molecule has 0 unspecified atom stereocenters. The zero-order chi connectivity index (χ0) is 18.6. The molecule has 1 amide bonds. The van der Waals surface area contributed by atoms with Gasteiger partial charge in [-0.1, -0.05) is 23.7 Å². The molecule has 0 radical (unpaired) electrons. The van der Waals surface area contributed by atoms with Crippen molar-refractivity contribution in [3.8, 4) is 0 Å². The Balaban J connectivity index is 2.07. The van der Waals surface area contributed by atoms with Gasteiger partial charge >= 0.3 is 6.18 Å². The molecule has 132 valence electrons. The van der Waals surface area contributed by atoms with Crippen LogP contribution in [0.15, 0.2) is 42.5 Å². The molecule has 6 nitrogen and oxygen atoms in total. The number of carbonyl (C=O) groups is 1. The van der Waals surface area contributed by atoms with E-state index >= 15 is 0 Å². The van der Waals surface area contributed by atoms with Gasteiger partial charge in [0, 0.05) is 11.1 Å². The highest BCUT2D eigenvalue weighted by molar-refractivity contribution is 6.30. The van der Waals surface area contributed by atoms with Gasteiger partial charge in [0.05, 0.1) is 16.9 Å². The fourth-order valence-electron chi connectivity index (χ4n) is 1.93. The van der Waals surface area contributed by atoms with Crippen LogP contribution < -0.4 is 10.9 Å². The molecule has 0 aliphatic rings. The molecule has 10 heteroatoms. The van der Waals surface area contributed by atoms with Gasteiger partial charge in [0.15, 0.2) is 0 Å². The number of anilines is 1. The number of rotatable bonds is 5. The Morgan fingerprint density at radius 3 is 2.36 bits per heavy atom. The normalized spacial score (nSPS) is 11.0. The van der Waals surface area contributed by atoms with Crippen molar-refractivity contribution in [1.29, 1.82) is 0 Å². The van der Waals surface area contributed by atoms with E-state index in [9.17, 15) is 28.1 Å². The number of benzene rings is 2. The predicted molar refractivity (Wildman–Crippen MR) is 85.0 cm³/mol. The maximum absolute atomic E-state index is 12.6. The number of nitrogens with zero attached hydrogens (tertiary/aromatic N) is 1. The Morgan fingerprint density at radius 2 is 1.80 bits per heavy atom. The third-order valence-electron chi connectivity index (χ3n) is 3.14. The average Bonchev–Trinajstić information content (AvgIpc) is 2.54. The van der Waals surface area contributed by atoms with Crippen molar-refractivity contribution >= 4 is 28.9 Å². The van der Waals surface area contributed by atoms with Gasteiger partial charge in [0.2, 0.25) is 5.91 Å². The van der Waals surface area contributed by atoms with Crippen molar-refractivity contribution in [2.75, 3.05) is 5.43 Å². The third-order valence-corrected chi connectivity index (χ3v) is 3.39. The van der Waals surface area contributed by atoms with Crippen LogP contribution in [0.1, 0.15) is 11.1 Å². The molecule has 0 heterocycles. The van der Waals surface area contributed by atoms with Crippen LogP contribution in [0.4, 0.5) is 24.5 Å². The Hall–Kier alpha value is -2.81. The van der Waals surface area contributed by atoms with Crippen molar-refractivity contribution < 1.29 is 22.9 Å². The molecule has 0 aliphatic heterocycles. The largest absolute Gasteiger partial charge is 0.416 e. The molecule has 0 aromatic heterocycles. The molecule has 0 atom stereocenters. The number of nitro groups is 1. The lowest BCUT2D eigenvalue weighted by atomic mass is 10.1. The first kappa shape index (κ1) is 18.5. The van der Waals surface area contributed by atoms with Crippen molar-refractivity contribution in [3.05, 3.63) is 68.7 Å². The van der Waals surface area contributed by atoms with Crippen LogP contribution in [0.3, 0.4) is 0 Å². The standard InChI is InChI=1S/C15H11ClF3N3O3/c16-11-4-1-9(2-5-11)7-14(23)21-20-12-6-3-10(15(17,18)19)8-13(12)22(24)25/h1-6,8,20H,7H2,(H,21,23). The van der Waals surface area contributed by atoms with Gasteiger partial charge in [-0.25, -0.2) is 0 Å². The summed E-state index contributed by atoms with van der Waals surface area (Å²) in [6.07, 6.45) is -4.75. The number of hydrazine groups is 1. The Bertz CT molecular complexity index is 795. The van der Waals surface area contributed by atoms with Crippen molar-refractivity contribution in [2.24, 2.45) is 0 Å². The van der Waals surface area contributed by atoms with Gasteiger partial charge in [0.1, 0.15) is 5.69 Å². The van der Waals surface area contributed by atoms with Crippen LogP contribution in [0.5, 0.6) is 0 Å². The molecule has 25 heavy (non-hydrogen) atoms. The summed E-state index contributed by atoms with van der Waals surface area (Å²) >= 11 is 5.72. The SMILES string of the molecule is O=C(Cc1ccc(Cl)cc1)NNc1ccc(C(F)(F)F)cc1[N+](=O)[O-]. The van der Waals surface area contributed by atoms with Crippen LogP contribution in [0, 0.1) is 10.1 Å². The summed E-state index contributed by atoms with van der Waals surface area (Å²) in [6.45, 7) is 0. The van der Waals surface area contributed by atoms with E-state index in [0.29, 0.717) is 22.7 Å². The molecule has 0 aliphatic carbocycles. The molecule has 2 N–H and O–H groups in total. The van der Waals surface area contributed by atoms with E-state index in [1.165, 1.54) is 0 Å². The highest BCUT2D eigenvalue weighted by Gasteiger charge is 2.33. The zero-order valence-corrected chi connectivity index (χ0v) is 13.2. The number of alkyl halides is 3. The minimum Gasteiger partial charge on any atom is -0.292 e. The molecule has 0 saturated carbocycles. The first-order chi connectivity index (χ1) is 11.7. The van der Waals surface area contributed by atoms with E-state index in [-0.39, 0.29) is 12.1 Å². The van der Waals surface area contributed by atoms with Crippen LogP contribution in [-0.4, -0.2) is 10.8 Å². The third kappa shape index (κ3) is 5.08. The summed E-state index contributed by atoms with van der Waals surface area (Å²) in [5.74, 6) is -0.531. The fraction of sp³-hybridized carbons (Fsp3) is 0.133. The number of nitrogens with one attached hydrogen (secondary N) is 2. The highest BCUT2D eigenvalue weighted by atomic mass is 35.5. The van der Waals surface area contributed by atoms with Crippen LogP contribution >= 0.6 is 11.6 Å². The predicted octanol–water partition coefficient (Wildman–Crippen LogP) is 3.95. The quantitative estimate of drug-likeness (QED) is 0.614. The molecule has 0 spiro atoms. The number of nitro benzene ring substituents is 1. The molecule has 2 aromatic carbocycles. The van der Waals surface area contributed by atoms with E-state index in [2.05, 4.69) is 10.9 Å². The smallest absolute Gasteiger partial charge is 0.292 e. The Labute approximate surface area is 144 Å². The maximum atomic E-state index is 12.6. The average molecular weight is 374 g/mol. The van der Waals surface area contributed by atoms with E-state index in [0.717, 1.165) is 6.07 Å². The van der Waals surface area contributed by atoms with Gasteiger partial charge in [-0.05, 0) is 29.8 Å². The first-order valence-electron chi connectivity index (χ1n) is 6.82. The topological polar surface area (TPSA) is 84.3 Å². The summed E-state index contributed by atoms with van der Waals surface area (Å²) in [4.78, 5) is 21.8. The van der Waals surface area contributed by atoms with E-state index in [1.807, 2.05) is 0 Å². The lowest BCUT2D eigenvalue weighted by Gasteiger charge is -2.11. The van der Waals surface area contributed by atoms with Crippen molar-refractivity contribution in [3.63, 3.8) is 0 Å². The minimum absolute atomic E-state index is 0.0431. The number of hydrogen-bond donors (Lipinski definition) is 2. The summed E-state index contributed by atoms with van der Waals surface area (Å²) in [7, 11) is 0. The van der Waals surface area contributed by atoms with Gasteiger partial charge < -0.3 is 0 Å². The number of carbonyl (C=O) groups excluding carboxylic acids is 1. The summed E-state index contributed by atoms with van der Waals surface area (Å²) in [5.41, 5.74) is 2.90. The van der Waals surface area contributed by atoms with Gasteiger partial charge in [-0.2, -0.15) is 13.2 Å². The van der Waals surface area contributed by atoms with E-state index in [1.54, 1.807) is 24.3 Å². The monoisotopic (exact) mass is 373 g/mol. The van der Waals surface area contributed by atoms with Crippen LogP contribution in [0.25, 0.3) is 0 Å². The minimum atomic E-state index is -4.71. The lowest BCUT2D eigenvalue weighted by Crippen LogP contribution is -2.31. The van der Waals surface area contributed by atoms with Gasteiger partial charge in [-0.15, -0.1) is 0 Å². The second-order valence-electron chi connectivity index (χ2n) is 4.96. The molecule has 0 fully saturated rings. The molecular weight excluding hydrogens is 363 g/mol. The second-order valence-corrected chi connectivity index (χ2v) is 5.40. The number of amides is 1. The summed E-state index contributed by atoms with van der Waals surface area (Å²) in [5, 5.41) is 11.4. The van der Waals surface area contributed by atoms with Gasteiger partial charge in [-0.3, -0.25) is 25.8 Å². The number of hydrogen-bond acceptors (Lipinski definition) is 4. The van der Waals surface area contributed by atoms with Crippen LogP contribution in [0.2, 0.25) is 5.02 Å². The summed E-state index contributed by atoms with van der Waals surface area (Å²) < 4.78 is 37.9. The highest BCUT2D eigenvalue weighted by Crippen LogP contribution is 2.34. The van der Waals surface area contributed by atoms with E-state index < -0.39 is 28.3 Å².